The first kappa shape index (κ1) is 29.3. The van der Waals surface area contributed by atoms with Crippen molar-refractivity contribution < 1.29 is 9.59 Å². The third-order valence-electron chi connectivity index (χ3n) is 8.44. The molecule has 2 atom stereocenters. The number of halogens is 1. The highest BCUT2D eigenvalue weighted by Gasteiger charge is 2.32. The second kappa shape index (κ2) is 14.6. The minimum atomic E-state index is -0.191. The van der Waals surface area contributed by atoms with Crippen LogP contribution < -0.4 is 10.6 Å². The van der Waals surface area contributed by atoms with Crippen LogP contribution in [0.4, 0.5) is 0 Å². The summed E-state index contributed by atoms with van der Waals surface area (Å²) in [7, 11) is 0. The average Bonchev–Trinajstić information content (AvgIpc) is 3.11. The van der Waals surface area contributed by atoms with Crippen LogP contribution in [0.15, 0.2) is 36.4 Å². The van der Waals surface area contributed by atoms with Crippen molar-refractivity contribution in [3.8, 4) is 0 Å². The van der Waals surface area contributed by atoms with E-state index in [1.807, 2.05) is 18.2 Å². The molecule has 2 saturated heterocycles. The van der Waals surface area contributed by atoms with Gasteiger partial charge >= 0.3 is 0 Å². The van der Waals surface area contributed by atoms with E-state index in [-0.39, 0.29) is 23.9 Å². The van der Waals surface area contributed by atoms with Crippen LogP contribution in [0.25, 0.3) is 10.8 Å². The van der Waals surface area contributed by atoms with Crippen LogP contribution in [-0.4, -0.2) is 73.0 Å². The van der Waals surface area contributed by atoms with Gasteiger partial charge in [0.15, 0.2) is 0 Å². The topological polar surface area (TPSA) is 64.7 Å². The van der Waals surface area contributed by atoms with Gasteiger partial charge in [0, 0.05) is 42.2 Å². The standard InChI is InChI=1S/C31H45IN4O2/c1-3-23(4-2)22-36-17-12-28(34-29(31(36)38)13-16-35-14-6-5-7-15-35)21-33-30(37)27-11-10-25-18-24(20-32)8-9-26(25)19-27/h8-11,18-19,23,28-29,34H,3-7,12-17,20-22H2,1-2H3,(H,33,37)/t28-,29-/m0/s1. The van der Waals surface area contributed by atoms with E-state index in [0.717, 1.165) is 73.6 Å². The summed E-state index contributed by atoms with van der Waals surface area (Å²) in [5, 5.41) is 9.06. The van der Waals surface area contributed by atoms with Crippen LogP contribution in [0.2, 0.25) is 0 Å². The molecule has 0 bridgehead atoms. The number of carbonyl (C=O) groups is 2. The van der Waals surface area contributed by atoms with Gasteiger partial charge in [-0.05, 0) is 73.2 Å². The molecule has 7 heteroatoms. The molecular weight excluding hydrogens is 587 g/mol. The lowest BCUT2D eigenvalue weighted by atomic mass is 10.0. The van der Waals surface area contributed by atoms with Gasteiger partial charge in [-0.2, -0.15) is 0 Å². The molecule has 2 aromatic carbocycles. The van der Waals surface area contributed by atoms with E-state index in [9.17, 15) is 9.59 Å². The molecule has 2 aliphatic heterocycles. The zero-order chi connectivity index (χ0) is 26.9. The fourth-order valence-electron chi connectivity index (χ4n) is 5.82. The number of benzene rings is 2. The lowest BCUT2D eigenvalue weighted by molar-refractivity contribution is -0.133. The van der Waals surface area contributed by atoms with Crippen molar-refractivity contribution in [3.05, 3.63) is 47.5 Å². The number of carbonyl (C=O) groups excluding carboxylic acids is 2. The molecule has 6 nitrogen and oxygen atoms in total. The van der Waals surface area contributed by atoms with Crippen LogP contribution in [0.1, 0.15) is 74.7 Å². The fourth-order valence-corrected chi connectivity index (χ4v) is 6.30. The molecule has 0 aromatic heterocycles. The predicted octanol–water partition coefficient (Wildman–Crippen LogP) is 5.38. The number of likely N-dealkylation sites (tertiary alicyclic amines) is 1. The number of rotatable bonds is 11. The van der Waals surface area contributed by atoms with Crippen molar-refractivity contribution in [1.29, 1.82) is 0 Å². The van der Waals surface area contributed by atoms with E-state index in [0.29, 0.717) is 18.0 Å². The molecule has 0 radical (unpaired) electrons. The van der Waals surface area contributed by atoms with Crippen molar-refractivity contribution in [1.82, 2.24) is 20.4 Å². The normalized spacial score (nSPS) is 21.2. The van der Waals surface area contributed by atoms with Gasteiger partial charge in [-0.25, -0.2) is 0 Å². The van der Waals surface area contributed by atoms with E-state index in [1.165, 1.54) is 24.8 Å². The highest BCUT2D eigenvalue weighted by atomic mass is 127. The molecule has 2 heterocycles. The Balaban J connectivity index is 1.40. The van der Waals surface area contributed by atoms with E-state index in [1.54, 1.807) is 0 Å². The first-order valence-electron chi connectivity index (χ1n) is 14.6. The summed E-state index contributed by atoms with van der Waals surface area (Å²) >= 11 is 2.37. The summed E-state index contributed by atoms with van der Waals surface area (Å²) in [6, 6.07) is 12.2. The number of fused-ring (bicyclic) bond motifs is 1. The first-order chi connectivity index (χ1) is 18.5. The number of nitrogens with zero attached hydrogens (tertiary/aromatic N) is 2. The minimum Gasteiger partial charge on any atom is -0.350 e. The van der Waals surface area contributed by atoms with Gasteiger partial charge in [-0.1, -0.05) is 80.0 Å². The van der Waals surface area contributed by atoms with E-state index >= 15 is 0 Å². The molecule has 2 N–H and O–H groups in total. The third-order valence-corrected chi connectivity index (χ3v) is 9.32. The molecule has 0 saturated carbocycles. The zero-order valence-electron chi connectivity index (χ0n) is 23.2. The summed E-state index contributed by atoms with van der Waals surface area (Å²) in [6.45, 7) is 9.79. The fraction of sp³-hybridized carbons (Fsp3) is 0.613. The van der Waals surface area contributed by atoms with Gasteiger partial charge in [0.1, 0.15) is 0 Å². The Morgan fingerprint density at radius 2 is 1.79 bits per heavy atom. The molecule has 2 aliphatic rings. The third kappa shape index (κ3) is 7.92. The van der Waals surface area contributed by atoms with Gasteiger partial charge < -0.3 is 20.4 Å². The van der Waals surface area contributed by atoms with Crippen molar-refractivity contribution in [3.63, 3.8) is 0 Å². The largest absolute Gasteiger partial charge is 0.350 e. The molecule has 0 unspecified atom stereocenters. The number of hydrogen-bond donors (Lipinski definition) is 2. The zero-order valence-corrected chi connectivity index (χ0v) is 25.3. The highest BCUT2D eigenvalue weighted by molar-refractivity contribution is 14.1. The van der Waals surface area contributed by atoms with Crippen LogP contribution in [0.3, 0.4) is 0 Å². The lowest BCUT2D eigenvalue weighted by Gasteiger charge is -2.30. The SMILES string of the molecule is CCC(CC)CN1CC[C@@H](CNC(=O)c2ccc3cc(CI)ccc3c2)N[C@@H](CCN2CCCCC2)C1=O. The van der Waals surface area contributed by atoms with Crippen molar-refractivity contribution in [2.24, 2.45) is 5.92 Å². The van der Waals surface area contributed by atoms with E-state index in [2.05, 4.69) is 75.1 Å². The monoisotopic (exact) mass is 632 g/mol. The Morgan fingerprint density at radius 3 is 2.53 bits per heavy atom. The van der Waals surface area contributed by atoms with Gasteiger partial charge in [0.2, 0.25) is 5.91 Å². The van der Waals surface area contributed by atoms with Crippen LogP contribution >= 0.6 is 22.6 Å². The van der Waals surface area contributed by atoms with E-state index < -0.39 is 0 Å². The number of nitrogens with one attached hydrogen (secondary N) is 2. The minimum absolute atomic E-state index is 0.0546. The maximum absolute atomic E-state index is 13.6. The second-order valence-electron chi connectivity index (χ2n) is 11.1. The number of alkyl halides is 1. The Bertz CT molecular complexity index is 1070. The molecule has 4 rings (SSSR count). The van der Waals surface area contributed by atoms with Gasteiger partial charge in [0.25, 0.3) is 5.91 Å². The Hall–Kier alpha value is -1.71. The number of piperidine rings is 1. The summed E-state index contributed by atoms with van der Waals surface area (Å²) in [5.41, 5.74) is 1.97. The maximum Gasteiger partial charge on any atom is 0.251 e. The van der Waals surface area contributed by atoms with Crippen LogP contribution in [0.5, 0.6) is 0 Å². The lowest BCUT2D eigenvalue weighted by Crippen LogP contribution is -2.50. The maximum atomic E-state index is 13.6. The first-order valence-corrected chi connectivity index (χ1v) is 16.2. The van der Waals surface area contributed by atoms with Gasteiger partial charge in [-0.15, -0.1) is 0 Å². The molecule has 2 aromatic rings. The highest BCUT2D eigenvalue weighted by Crippen LogP contribution is 2.20. The second-order valence-corrected chi connectivity index (χ2v) is 11.9. The molecule has 2 amide bonds. The number of hydrogen-bond acceptors (Lipinski definition) is 4. The Labute approximate surface area is 242 Å². The summed E-state index contributed by atoms with van der Waals surface area (Å²) in [5.74, 6) is 0.725. The number of amides is 2. The summed E-state index contributed by atoms with van der Waals surface area (Å²) in [6.07, 6.45) is 7.70. The smallest absolute Gasteiger partial charge is 0.251 e. The Kier molecular flexibility index (Phi) is 11.3. The van der Waals surface area contributed by atoms with Crippen LogP contribution in [0, 0.1) is 5.92 Å². The predicted molar refractivity (Wildman–Crippen MR) is 165 cm³/mol. The molecule has 208 valence electrons. The van der Waals surface area contributed by atoms with Gasteiger partial charge in [0.05, 0.1) is 6.04 Å². The quantitative estimate of drug-likeness (QED) is 0.258. The van der Waals surface area contributed by atoms with E-state index in [4.69, 9.17) is 0 Å². The molecular formula is C31H45IN4O2. The summed E-state index contributed by atoms with van der Waals surface area (Å²) < 4.78 is 0.973. The van der Waals surface area contributed by atoms with Crippen molar-refractivity contribution in [2.45, 2.75) is 75.3 Å². The molecule has 0 spiro atoms. The van der Waals surface area contributed by atoms with Crippen LogP contribution in [-0.2, 0) is 9.22 Å². The molecule has 0 aliphatic carbocycles. The summed E-state index contributed by atoms with van der Waals surface area (Å²) in [4.78, 5) is 31.3. The average molecular weight is 633 g/mol. The molecule has 38 heavy (non-hydrogen) atoms. The Morgan fingerprint density at radius 1 is 1.05 bits per heavy atom. The van der Waals surface area contributed by atoms with Crippen molar-refractivity contribution in [2.75, 3.05) is 39.3 Å². The van der Waals surface area contributed by atoms with Gasteiger partial charge in [-0.3, -0.25) is 9.59 Å². The van der Waals surface area contributed by atoms with Crippen molar-refractivity contribution >= 4 is 45.2 Å². The molecule has 2 fully saturated rings.